The zero-order chi connectivity index (χ0) is 15.9. The van der Waals surface area contributed by atoms with Gasteiger partial charge in [0.25, 0.3) is 0 Å². The van der Waals surface area contributed by atoms with Crippen LogP contribution < -0.4 is 22.1 Å². The lowest BCUT2D eigenvalue weighted by atomic mass is 10.3. The number of aliphatic imine (C=N–C) groups is 1. The van der Waals surface area contributed by atoms with Crippen LogP contribution in [0.5, 0.6) is 0 Å². The summed E-state index contributed by atoms with van der Waals surface area (Å²) in [6.45, 7) is 4.19. The second kappa shape index (κ2) is 7.27. The molecule has 6 N–H and O–H groups in total. The average molecular weight is 320 g/mol. The van der Waals surface area contributed by atoms with Crippen molar-refractivity contribution in [1.82, 2.24) is 15.6 Å². The smallest absolute Gasteiger partial charge is 0.315 e. The van der Waals surface area contributed by atoms with Crippen molar-refractivity contribution in [3.05, 3.63) is 35.9 Å². The van der Waals surface area contributed by atoms with Crippen molar-refractivity contribution < 1.29 is 9.21 Å². The molecule has 9 heteroatoms. The van der Waals surface area contributed by atoms with E-state index in [1.165, 1.54) is 11.3 Å². The summed E-state index contributed by atoms with van der Waals surface area (Å²) in [6.07, 6.45) is 1.60. The molecule has 2 heterocycles. The number of nitrogens with two attached hydrogens (primary N) is 2. The lowest BCUT2D eigenvalue weighted by Crippen LogP contribution is -2.34. The average Bonchev–Trinajstić information content (AvgIpc) is 3.11. The van der Waals surface area contributed by atoms with E-state index in [0.29, 0.717) is 28.9 Å². The van der Waals surface area contributed by atoms with Gasteiger partial charge in [-0.1, -0.05) is 6.08 Å². The molecular weight excluding hydrogens is 304 g/mol. The van der Waals surface area contributed by atoms with Gasteiger partial charge in [-0.15, -0.1) is 17.9 Å². The molecule has 2 aromatic heterocycles. The molecule has 0 saturated heterocycles. The third-order valence-electron chi connectivity index (χ3n) is 2.46. The minimum atomic E-state index is -0.290. The van der Waals surface area contributed by atoms with Gasteiger partial charge >= 0.3 is 6.03 Å². The number of furan rings is 1. The molecule has 0 atom stereocenters. The molecule has 2 rings (SSSR count). The van der Waals surface area contributed by atoms with E-state index in [2.05, 4.69) is 27.2 Å². The van der Waals surface area contributed by atoms with Gasteiger partial charge in [-0.2, -0.15) is 4.99 Å². The Morgan fingerprint density at radius 1 is 1.45 bits per heavy atom. The molecule has 0 unspecified atom stereocenters. The van der Waals surface area contributed by atoms with Gasteiger partial charge < -0.3 is 26.5 Å². The fraction of sp³-hybridized carbons (Fsp3) is 0.154. The summed E-state index contributed by atoms with van der Waals surface area (Å²) >= 11 is 1.30. The zero-order valence-electron chi connectivity index (χ0n) is 11.7. The van der Waals surface area contributed by atoms with Gasteiger partial charge in [0.05, 0.1) is 6.54 Å². The van der Waals surface area contributed by atoms with Crippen LogP contribution in [0.2, 0.25) is 0 Å². The molecule has 2 amide bonds. The van der Waals surface area contributed by atoms with E-state index in [1.807, 2.05) is 0 Å². The summed E-state index contributed by atoms with van der Waals surface area (Å²) in [5, 5.41) is 7.51. The number of aromatic nitrogens is 1. The van der Waals surface area contributed by atoms with Crippen LogP contribution in [0.25, 0.3) is 11.5 Å². The third-order valence-corrected chi connectivity index (χ3v) is 3.20. The number of hydrogen-bond acceptors (Lipinski definition) is 5. The monoisotopic (exact) mass is 320 g/mol. The van der Waals surface area contributed by atoms with Gasteiger partial charge in [-0.3, -0.25) is 0 Å². The van der Waals surface area contributed by atoms with Crippen molar-refractivity contribution in [3.63, 3.8) is 0 Å². The normalized spacial score (nSPS) is 10.0. The van der Waals surface area contributed by atoms with E-state index in [9.17, 15) is 4.79 Å². The number of hydrogen-bond donors (Lipinski definition) is 4. The molecule has 0 aliphatic heterocycles. The maximum absolute atomic E-state index is 11.4. The van der Waals surface area contributed by atoms with Crippen molar-refractivity contribution >= 4 is 28.5 Å². The van der Waals surface area contributed by atoms with Crippen LogP contribution in [-0.2, 0) is 6.54 Å². The Labute approximate surface area is 130 Å². The Morgan fingerprint density at radius 3 is 3.00 bits per heavy atom. The highest BCUT2D eigenvalue weighted by molar-refractivity contribution is 7.13. The quantitative estimate of drug-likeness (QED) is 0.362. The van der Waals surface area contributed by atoms with Gasteiger partial charge in [-0.05, 0) is 12.1 Å². The summed E-state index contributed by atoms with van der Waals surface area (Å²) in [5.41, 5.74) is 11.2. The van der Waals surface area contributed by atoms with Crippen LogP contribution >= 0.6 is 11.3 Å². The molecule has 0 fully saturated rings. The number of thiazole rings is 1. The van der Waals surface area contributed by atoms with Crippen molar-refractivity contribution in [2.45, 2.75) is 6.54 Å². The van der Waals surface area contributed by atoms with E-state index in [1.54, 1.807) is 23.6 Å². The molecule has 0 spiro atoms. The van der Waals surface area contributed by atoms with E-state index >= 15 is 0 Å². The van der Waals surface area contributed by atoms with Crippen LogP contribution in [0.4, 0.5) is 9.93 Å². The lowest BCUT2D eigenvalue weighted by Gasteiger charge is -2.03. The number of carbonyl (C=O) groups is 1. The fourth-order valence-corrected chi connectivity index (χ4v) is 2.24. The van der Waals surface area contributed by atoms with Crippen LogP contribution in [-0.4, -0.2) is 23.5 Å². The van der Waals surface area contributed by atoms with Gasteiger partial charge in [-0.25, -0.2) is 9.78 Å². The van der Waals surface area contributed by atoms with E-state index < -0.39 is 0 Å². The SMILES string of the molecule is C=CCNC(=O)NCc1ccc(-c2csc(N=C(N)N)n2)o1. The number of carbonyl (C=O) groups excluding carboxylic acids is 1. The standard InChI is InChI=1S/C13H16N6O2S/c1-2-5-16-12(20)17-6-8-3-4-10(21-8)9-7-22-13(18-9)19-11(14)15/h2-4,7H,1,5-6H2,(H2,16,17,20)(H4,14,15,18,19). The minimum Gasteiger partial charge on any atom is -0.458 e. The van der Waals surface area contributed by atoms with Crippen molar-refractivity contribution in [1.29, 1.82) is 0 Å². The molecular formula is C13H16N6O2S. The molecule has 0 aliphatic carbocycles. The summed E-state index contributed by atoms with van der Waals surface area (Å²) < 4.78 is 5.61. The Balaban J connectivity index is 1.96. The van der Waals surface area contributed by atoms with Crippen LogP contribution in [0.15, 0.2) is 39.6 Å². The Kier molecular flexibility index (Phi) is 5.15. The molecule has 0 bridgehead atoms. The van der Waals surface area contributed by atoms with Gasteiger partial charge in [0, 0.05) is 11.9 Å². The summed E-state index contributed by atoms with van der Waals surface area (Å²) in [4.78, 5) is 19.5. The first-order valence-electron chi connectivity index (χ1n) is 6.35. The summed E-state index contributed by atoms with van der Waals surface area (Å²) in [6, 6.07) is 3.25. The zero-order valence-corrected chi connectivity index (χ0v) is 12.5. The Hall–Kier alpha value is -2.81. The maximum Gasteiger partial charge on any atom is 0.315 e. The van der Waals surface area contributed by atoms with E-state index in [0.717, 1.165) is 0 Å². The topological polar surface area (TPSA) is 132 Å². The minimum absolute atomic E-state index is 0.0456. The van der Waals surface area contributed by atoms with Crippen LogP contribution in [0.1, 0.15) is 5.76 Å². The Morgan fingerprint density at radius 2 is 2.27 bits per heavy atom. The van der Waals surface area contributed by atoms with Crippen molar-refractivity contribution in [2.24, 2.45) is 16.5 Å². The van der Waals surface area contributed by atoms with E-state index in [-0.39, 0.29) is 18.5 Å². The molecule has 116 valence electrons. The second-order valence-corrected chi connectivity index (χ2v) is 5.01. The van der Waals surface area contributed by atoms with Gasteiger partial charge in [0.2, 0.25) is 5.13 Å². The first-order chi connectivity index (χ1) is 10.6. The van der Waals surface area contributed by atoms with Crippen molar-refractivity contribution in [3.8, 4) is 11.5 Å². The fourth-order valence-electron chi connectivity index (χ4n) is 1.54. The molecule has 0 aliphatic rings. The van der Waals surface area contributed by atoms with Gasteiger partial charge in [0.15, 0.2) is 11.7 Å². The summed E-state index contributed by atoms with van der Waals surface area (Å²) in [7, 11) is 0. The second-order valence-electron chi connectivity index (χ2n) is 4.17. The number of nitrogens with one attached hydrogen (secondary N) is 2. The first-order valence-corrected chi connectivity index (χ1v) is 7.23. The molecule has 2 aromatic rings. The maximum atomic E-state index is 11.4. The predicted molar refractivity (Wildman–Crippen MR) is 85.7 cm³/mol. The van der Waals surface area contributed by atoms with Crippen molar-refractivity contribution in [2.75, 3.05) is 6.54 Å². The summed E-state index contributed by atoms with van der Waals surface area (Å²) in [5.74, 6) is 1.15. The molecule has 22 heavy (non-hydrogen) atoms. The number of urea groups is 1. The molecule has 0 saturated carbocycles. The Bertz CT molecular complexity index is 686. The highest BCUT2D eigenvalue weighted by Gasteiger charge is 2.09. The molecule has 8 nitrogen and oxygen atoms in total. The largest absolute Gasteiger partial charge is 0.458 e. The highest BCUT2D eigenvalue weighted by atomic mass is 32.1. The van der Waals surface area contributed by atoms with Crippen LogP contribution in [0, 0.1) is 0 Å². The third kappa shape index (κ3) is 4.35. The number of rotatable bonds is 6. The first kappa shape index (κ1) is 15.6. The van der Waals surface area contributed by atoms with Gasteiger partial charge in [0.1, 0.15) is 11.5 Å². The molecule has 0 aromatic carbocycles. The highest BCUT2D eigenvalue weighted by Crippen LogP contribution is 2.27. The predicted octanol–water partition coefficient (Wildman–Crippen LogP) is 1.29. The number of amides is 2. The van der Waals surface area contributed by atoms with Crippen LogP contribution in [0.3, 0.4) is 0 Å². The molecule has 0 radical (unpaired) electrons. The lowest BCUT2D eigenvalue weighted by molar-refractivity contribution is 0.240. The van der Waals surface area contributed by atoms with E-state index in [4.69, 9.17) is 15.9 Å². The number of nitrogens with zero attached hydrogens (tertiary/aromatic N) is 2. The number of guanidine groups is 1.